The number of hydrogen-bond acceptors (Lipinski definition) is 3. The number of rotatable bonds is 0. The second-order valence-electron chi connectivity index (χ2n) is 6.78. The summed E-state index contributed by atoms with van der Waals surface area (Å²) >= 11 is 0. The van der Waals surface area contributed by atoms with Crippen molar-refractivity contribution in [3.63, 3.8) is 0 Å². The Bertz CT molecular complexity index is 574. The topological polar surface area (TPSA) is 38.7 Å². The lowest BCUT2D eigenvalue weighted by Gasteiger charge is -2.24. The standard InChI is InChI=1S/C15H21N3/c1-14(2,3)11-9-10-12(17-8-7-16-10)13(18-11)15(4,5)6/h7-9H,1-6H3. The van der Waals surface area contributed by atoms with Crippen LogP contribution in [-0.2, 0) is 10.8 Å². The quantitative estimate of drug-likeness (QED) is 0.709. The summed E-state index contributed by atoms with van der Waals surface area (Å²) in [7, 11) is 0. The predicted molar refractivity (Wildman–Crippen MR) is 74.7 cm³/mol. The fourth-order valence-corrected chi connectivity index (χ4v) is 1.88. The van der Waals surface area contributed by atoms with Crippen molar-refractivity contribution in [2.24, 2.45) is 0 Å². The van der Waals surface area contributed by atoms with Gasteiger partial charge >= 0.3 is 0 Å². The molecule has 2 rings (SSSR count). The van der Waals surface area contributed by atoms with E-state index in [2.05, 4.69) is 57.6 Å². The Labute approximate surface area is 109 Å². The molecule has 0 saturated heterocycles. The first-order chi connectivity index (χ1) is 8.19. The van der Waals surface area contributed by atoms with Crippen LogP contribution in [0.4, 0.5) is 0 Å². The summed E-state index contributed by atoms with van der Waals surface area (Å²) in [5.41, 5.74) is 3.93. The molecule has 0 aromatic carbocycles. The predicted octanol–water partition coefficient (Wildman–Crippen LogP) is 3.62. The molecule has 0 unspecified atom stereocenters. The van der Waals surface area contributed by atoms with E-state index in [1.807, 2.05) is 0 Å². The van der Waals surface area contributed by atoms with E-state index < -0.39 is 0 Å². The molecule has 0 aliphatic heterocycles. The third-order valence-corrected chi connectivity index (χ3v) is 2.94. The fraction of sp³-hybridized carbons (Fsp3) is 0.533. The fourth-order valence-electron chi connectivity index (χ4n) is 1.88. The van der Waals surface area contributed by atoms with Crippen molar-refractivity contribution >= 4 is 11.0 Å². The van der Waals surface area contributed by atoms with Gasteiger partial charge in [-0.3, -0.25) is 15.0 Å². The van der Waals surface area contributed by atoms with Gasteiger partial charge in [0.2, 0.25) is 0 Å². The van der Waals surface area contributed by atoms with Gasteiger partial charge in [-0.25, -0.2) is 0 Å². The molecule has 0 atom stereocenters. The van der Waals surface area contributed by atoms with Crippen molar-refractivity contribution < 1.29 is 0 Å². The molecule has 0 saturated carbocycles. The number of pyridine rings is 1. The minimum absolute atomic E-state index is 0.0196. The summed E-state index contributed by atoms with van der Waals surface area (Å²) in [5.74, 6) is 0. The van der Waals surface area contributed by atoms with E-state index in [1.165, 1.54) is 0 Å². The van der Waals surface area contributed by atoms with Crippen molar-refractivity contribution in [1.82, 2.24) is 15.0 Å². The van der Waals surface area contributed by atoms with Gasteiger partial charge in [-0.15, -0.1) is 0 Å². The molecule has 3 heteroatoms. The highest BCUT2D eigenvalue weighted by Crippen LogP contribution is 2.30. The first-order valence-electron chi connectivity index (χ1n) is 6.32. The average molecular weight is 243 g/mol. The summed E-state index contributed by atoms with van der Waals surface area (Å²) in [6, 6.07) is 2.05. The zero-order chi connectivity index (χ0) is 13.6. The Morgan fingerprint density at radius 3 is 2.00 bits per heavy atom. The zero-order valence-electron chi connectivity index (χ0n) is 12.1. The lowest BCUT2D eigenvalue weighted by atomic mass is 9.87. The molecule has 18 heavy (non-hydrogen) atoms. The number of hydrogen-bond donors (Lipinski definition) is 0. The molecule has 3 nitrogen and oxygen atoms in total. The van der Waals surface area contributed by atoms with E-state index >= 15 is 0 Å². The van der Waals surface area contributed by atoms with Crippen LogP contribution in [-0.4, -0.2) is 15.0 Å². The molecule has 0 radical (unpaired) electrons. The van der Waals surface area contributed by atoms with E-state index in [4.69, 9.17) is 4.98 Å². The molecule has 0 amide bonds. The van der Waals surface area contributed by atoms with Crippen LogP contribution in [0.5, 0.6) is 0 Å². The van der Waals surface area contributed by atoms with Gasteiger partial charge < -0.3 is 0 Å². The summed E-state index contributed by atoms with van der Waals surface area (Å²) < 4.78 is 0. The maximum Gasteiger partial charge on any atom is 0.111 e. The first kappa shape index (κ1) is 12.9. The number of fused-ring (bicyclic) bond motifs is 1. The van der Waals surface area contributed by atoms with Crippen LogP contribution < -0.4 is 0 Å². The molecule has 2 aromatic rings. The third kappa shape index (κ3) is 2.35. The minimum atomic E-state index is -0.0322. The normalized spacial score (nSPS) is 13.0. The molecule has 2 heterocycles. The van der Waals surface area contributed by atoms with E-state index in [9.17, 15) is 0 Å². The summed E-state index contributed by atoms with van der Waals surface area (Å²) in [6.45, 7) is 13.0. The van der Waals surface area contributed by atoms with Crippen LogP contribution in [0.3, 0.4) is 0 Å². The Morgan fingerprint density at radius 2 is 1.44 bits per heavy atom. The lowest BCUT2D eigenvalue weighted by Crippen LogP contribution is -2.20. The Morgan fingerprint density at radius 1 is 0.833 bits per heavy atom. The van der Waals surface area contributed by atoms with E-state index in [0.29, 0.717) is 0 Å². The van der Waals surface area contributed by atoms with Gasteiger partial charge in [-0.2, -0.15) is 0 Å². The Kier molecular flexibility index (Phi) is 2.88. The minimum Gasteiger partial charge on any atom is -0.254 e. The number of nitrogens with zero attached hydrogens (tertiary/aromatic N) is 3. The van der Waals surface area contributed by atoms with Gasteiger partial charge in [0.15, 0.2) is 0 Å². The summed E-state index contributed by atoms with van der Waals surface area (Å²) in [5, 5.41) is 0. The van der Waals surface area contributed by atoms with Crippen LogP contribution in [0.1, 0.15) is 52.9 Å². The van der Waals surface area contributed by atoms with Gasteiger partial charge in [0.25, 0.3) is 0 Å². The highest BCUT2D eigenvalue weighted by molar-refractivity contribution is 5.77. The second-order valence-corrected chi connectivity index (χ2v) is 6.78. The molecule has 0 spiro atoms. The molecule has 0 aliphatic rings. The Balaban J connectivity index is 2.81. The maximum atomic E-state index is 4.84. The summed E-state index contributed by atoms with van der Waals surface area (Å²) in [4.78, 5) is 13.7. The molecule has 0 aliphatic carbocycles. The third-order valence-electron chi connectivity index (χ3n) is 2.94. The smallest absolute Gasteiger partial charge is 0.111 e. The molecule has 96 valence electrons. The number of aromatic nitrogens is 3. The lowest BCUT2D eigenvalue weighted by molar-refractivity contribution is 0.535. The molecule has 0 fully saturated rings. The second kappa shape index (κ2) is 4.01. The van der Waals surface area contributed by atoms with Gasteiger partial charge in [0, 0.05) is 28.9 Å². The van der Waals surface area contributed by atoms with Crippen LogP contribution in [0.25, 0.3) is 11.0 Å². The van der Waals surface area contributed by atoms with Crippen LogP contribution in [0.2, 0.25) is 0 Å². The van der Waals surface area contributed by atoms with Crippen molar-refractivity contribution in [1.29, 1.82) is 0 Å². The largest absolute Gasteiger partial charge is 0.254 e. The molecule has 2 aromatic heterocycles. The van der Waals surface area contributed by atoms with Crippen LogP contribution in [0.15, 0.2) is 18.5 Å². The van der Waals surface area contributed by atoms with Gasteiger partial charge in [0.05, 0.1) is 11.2 Å². The van der Waals surface area contributed by atoms with E-state index in [1.54, 1.807) is 12.4 Å². The van der Waals surface area contributed by atoms with E-state index in [0.717, 1.165) is 22.4 Å². The molecule has 0 N–H and O–H groups in total. The van der Waals surface area contributed by atoms with E-state index in [-0.39, 0.29) is 10.8 Å². The van der Waals surface area contributed by atoms with Crippen LogP contribution >= 0.6 is 0 Å². The average Bonchev–Trinajstić information content (AvgIpc) is 2.25. The first-order valence-corrected chi connectivity index (χ1v) is 6.32. The highest BCUT2D eigenvalue weighted by atomic mass is 14.8. The van der Waals surface area contributed by atoms with Crippen molar-refractivity contribution in [2.45, 2.75) is 52.4 Å². The van der Waals surface area contributed by atoms with Gasteiger partial charge in [-0.05, 0) is 6.07 Å². The SMILES string of the molecule is CC(C)(C)c1cc2nccnc2c(C(C)(C)C)n1. The van der Waals surface area contributed by atoms with Crippen molar-refractivity contribution in [2.75, 3.05) is 0 Å². The van der Waals surface area contributed by atoms with Crippen molar-refractivity contribution in [3.05, 3.63) is 29.8 Å². The summed E-state index contributed by atoms with van der Waals surface area (Å²) in [6.07, 6.45) is 3.47. The highest BCUT2D eigenvalue weighted by Gasteiger charge is 2.24. The van der Waals surface area contributed by atoms with Gasteiger partial charge in [0.1, 0.15) is 5.52 Å². The van der Waals surface area contributed by atoms with Gasteiger partial charge in [-0.1, -0.05) is 41.5 Å². The maximum absolute atomic E-state index is 4.84. The molecular weight excluding hydrogens is 222 g/mol. The Hall–Kier alpha value is -1.51. The monoisotopic (exact) mass is 243 g/mol. The van der Waals surface area contributed by atoms with Crippen LogP contribution in [0, 0.1) is 0 Å². The zero-order valence-corrected chi connectivity index (χ0v) is 12.1. The van der Waals surface area contributed by atoms with Crippen molar-refractivity contribution in [3.8, 4) is 0 Å². The molecule has 0 bridgehead atoms. The molecular formula is C15H21N3.